The highest BCUT2D eigenvalue weighted by Gasteiger charge is 2.20. The Bertz CT molecular complexity index is 355. The van der Waals surface area contributed by atoms with E-state index in [1.807, 2.05) is 24.3 Å². The molecule has 0 fully saturated rings. The van der Waals surface area contributed by atoms with Crippen LogP contribution >= 0.6 is 12.4 Å². The van der Waals surface area contributed by atoms with Crippen LogP contribution in [-0.2, 0) is 4.79 Å². The first-order valence-electron chi connectivity index (χ1n) is 3.33. The van der Waals surface area contributed by atoms with Gasteiger partial charge in [0.25, 0.3) is 0 Å². The fraction of sp³-hybridized carbons (Fsp3) is 0. The number of halogens is 1. The fourth-order valence-electron chi connectivity index (χ4n) is 1.20. The molecule has 1 aliphatic rings. The van der Waals surface area contributed by atoms with Gasteiger partial charge in [0.15, 0.2) is 0 Å². The molecule has 0 radical (unpaired) electrons. The Morgan fingerprint density at radius 2 is 1.92 bits per heavy atom. The Hall–Kier alpha value is -1.28. The summed E-state index contributed by atoms with van der Waals surface area (Å²) >= 11 is 0. The molecule has 0 unspecified atom stereocenters. The van der Waals surface area contributed by atoms with Gasteiger partial charge in [-0.05, 0) is 17.2 Å². The van der Waals surface area contributed by atoms with E-state index in [0.717, 1.165) is 11.1 Å². The molecule has 0 bridgehead atoms. The number of carboxylic acid groups (broad SMARTS) is 1. The van der Waals surface area contributed by atoms with E-state index in [1.165, 1.54) is 0 Å². The van der Waals surface area contributed by atoms with Crippen molar-refractivity contribution in [2.24, 2.45) is 0 Å². The van der Waals surface area contributed by atoms with Gasteiger partial charge in [-0.15, -0.1) is 12.4 Å². The van der Waals surface area contributed by atoms with E-state index >= 15 is 0 Å². The lowest BCUT2D eigenvalue weighted by molar-refractivity contribution is -0.130. The molecule has 0 amide bonds. The summed E-state index contributed by atoms with van der Waals surface area (Å²) in [5, 5.41) is 8.61. The highest BCUT2D eigenvalue weighted by atomic mass is 35.5. The van der Waals surface area contributed by atoms with E-state index in [1.54, 1.807) is 6.08 Å². The molecular formula is C9H7ClO2. The molecule has 1 N–H and O–H groups in total. The van der Waals surface area contributed by atoms with Gasteiger partial charge < -0.3 is 5.11 Å². The van der Waals surface area contributed by atoms with Crippen molar-refractivity contribution < 1.29 is 9.90 Å². The zero-order valence-corrected chi connectivity index (χ0v) is 6.97. The van der Waals surface area contributed by atoms with Crippen LogP contribution in [0.2, 0.25) is 0 Å². The van der Waals surface area contributed by atoms with Crippen LogP contribution in [0.1, 0.15) is 11.1 Å². The minimum Gasteiger partial charge on any atom is -0.478 e. The van der Waals surface area contributed by atoms with Crippen molar-refractivity contribution in [1.29, 1.82) is 0 Å². The number of rotatable bonds is 1. The third kappa shape index (κ3) is 1.10. The van der Waals surface area contributed by atoms with Crippen LogP contribution in [0.5, 0.6) is 0 Å². The minimum absolute atomic E-state index is 0. The maximum Gasteiger partial charge on any atom is 0.336 e. The van der Waals surface area contributed by atoms with Gasteiger partial charge in [0, 0.05) is 0 Å². The summed E-state index contributed by atoms with van der Waals surface area (Å²) in [6, 6.07) is 7.46. The zero-order chi connectivity index (χ0) is 7.84. The number of hydrogen-bond acceptors (Lipinski definition) is 1. The van der Waals surface area contributed by atoms with Crippen LogP contribution in [0.3, 0.4) is 0 Å². The molecule has 3 heteroatoms. The lowest BCUT2D eigenvalue weighted by Gasteiger charge is -2.15. The van der Waals surface area contributed by atoms with Gasteiger partial charge in [-0.25, -0.2) is 4.79 Å². The van der Waals surface area contributed by atoms with Gasteiger partial charge in [0.2, 0.25) is 0 Å². The monoisotopic (exact) mass is 182 g/mol. The Morgan fingerprint density at radius 1 is 1.25 bits per heavy atom. The molecule has 0 heterocycles. The molecule has 0 atom stereocenters. The van der Waals surface area contributed by atoms with Gasteiger partial charge in [-0.1, -0.05) is 24.3 Å². The molecule has 1 aliphatic carbocycles. The quantitative estimate of drug-likeness (QED) is 0.722. The maximum absolute atomic E-state index is 10.5. The first kappa shape index (κ1) is 8.81. The van der Waals surface area contributed by atoms with Crippen molar-refractivity contribution in [2.45, 2.75) is 0 Å². The van der Waals surface area contributed by atoms with Crippen molar-refractivity contribution in [3.8, 4) is 0 Å². The van der Waals surface area contributed by atoms with E-state index in [2.05, 4.69) is 0 Å². The van der Waals surface area contributed by atoms with E-state index < -0.39 is 5.97 Å². The van der Waals surface area contributed by atoms with Crippen LogP contribution < -0.4 is 0 Å². The predicted molar refractivity (Wildman–Crippen MR) is 49.2 cm³/mol. The zero-order valence-electron chi connectivity index (χ0n) is 6.15. The number of carbonyl (C=O) groups is 1. The fourth-order valence-corrected chi connectivity index (χ4v) is 1.20. The molecular weight excluding hydrogens is 176 g/mol. The molecule has 0 saturated heterocycles. The van der Waals surface area contributed by atoms with Gasteiger partial charge in [0.1, 0.15) is 0 Å². The van der Waals surface area contributed by atoms with Crippen molar-refractivity contribution in [2.75, 3.05) is 0 Å². The highest BCUT2D eigenvalue weighted by molar-refractivity contribution is 6.26. The third-order valence-corrected chi connectivity index (χ3v) is 1.78. The lowest BCUT2D eigenvalue weighted by Crippen LogP contribution is -2.07. The molecule has 0 aromatic heterocycles. The van der Waals surface area contributed by atoms with Crippen LogP contribution in [0.4, 0.5) is 0 Å². The largest absolute Gasteiger partial charge is 0.478 e. The van der Waals surface area contributed by atoms with Crippen LogP contribution in [0.15, 0.2) is 24.3 Å². The summed E-state index contributed by atoms with van der Waals surface area (Å²) in [5.74, 6) is -0.844. The van der Waals surface area contributed by atoms with E-state index in [9.17, 15) is 4.79 Å². The number of aliphatic carboxylic acids is 1. The lowest BCUT2D eigenvalue weighted by atomic mass is 9.89. The first-order chi connectivity index (χ1) is 5.29. The number of hydrogen-bond donors (Lipinski definition) is 1. The second-order valence-corrected chi connectivity index (χ2v) is 2.45. The molecule has 2 rings (SSSR count). The number of carboxylic acids is 1. The summed E-state index contributed by atoms with van der Waals surface area (Å²) in [6.45, 7) is 0. The van der Waals surface area contributed by atoms with Crippen LogP contribution in [0.25, 0.3) is 11.6 Å². The Balaban J connectivity index is 0.000000720. The Labute approximate surface area is 75.9 Å². The standard InChI is InChI=1S/C9H6O2.ClH/c10-9(11)8-5-6-3-1-2-4-7(6)8;/h1-5H,(H,10,11);1H. The van der Waals surface area contributed by atoms with Crippen molar-refractivity contribution in [3.63, 3.8) is 0 Å². The molecule has 1 aromatic rings. The molecule has 62 valence electrons. The van der Waals surface area contributed by atoms with Gasteiger partial charge in [-0.3, -0.25) is 0 Å². The molecule has 0 aliphatic heterocycles. The number of benzene rings is 1. The molecule has 2 nitrogen and oxygen atoms in total. The molecule has 0 spiro atoms. The second-order valence-electron chi connectivity index (χ2n) is 2.45. The van der Waals surface area contributed by atoms with Gasteiger partial charge in [-0.2, -0.15) is 0 Å². The summed E-state index contributed by atoms with van der Waals surface area (Å²) < 4.78 is 0. The van der Waals surface area contributed by atoms with Crippen molar-refractivity contribution in [1.82, 2.24) is 0 Å². The summed E-state index contributed by atoms with van der Waals surface area (Å²) in [6.07, 6.45) is 1.68. The summed E-state index contributed by atoms with van der Waals surface area (Å²) in [7, 11) is 0. The average Bonchev–Trinajstić information content (AvgIpc) is 1.90. The van der Waals surface area contributed by atoms with Crippen molar-refractivity contribution in [3.05, 3.63) is 35.4 Å². The SMILES string of the molecule is Cl.O=C(O)C1=Cc2ccccc21. The molecule has 1 aromatic carbocycles. The van der Waals surface area contributed by atoms with Gasteiger partial charge >= 0.3 is 5.97 Å². The normalized spacial score (nSPS) is 11.8. The third-order valence-electron chi connectivity index (χ3n) is 1.78. The van der Waals surface area contributed by atoms with Crippen LogP contribution in [0, 0.1) is 0 Å². The average molecular weight is 183 g/mol. The first-order valence-corrected chi connectivity index (χ1v) is 3.33. The second kappa shape index (κ2) is 2.99. The topological polar surface area (TPSA) is 37.3 Å². The van der Waals surface area contributed by atoms with E-state index in [-0.39, 0.29) is 12.4 Å². The predicted octanol–water partition coefficient (Wildman–Crippen LogP) is 2.05. The van der Waals surface area contributed by atoms with Gasteiger partial charge in [0.05, 0.1) is 5.57 Å². The van der Waals surface area contributed by atoms with E-state index in [4.69, 9.17) is 5.11 Å². The number of fused-ring (bicyclic) bond motifs is 1. The van der Waals surface area contributed by atoms with E-state index in [0.29, 0.717) is 5.57 Å². The Morgan fingerprint density at radius 3 is 2.50 bits per heavy atom. The van der Waals surface area contributed by atoms with Crippen molar-refractivity contribution >= 4 is 30.0 Å². The summed E-state index contributed by atoms with van der Waals surface area (Å²) in [4.78, 5) is 10.5. The molecule has 12 heavy (non-hydrogen) atoms. The Kier molecular flexibility index (Phi) is 2.20. The molecule has 0 saturated carbocycles. The maximum atomic E-state index is 10.5. The smallest absolute Gasteiger partial charge is 0.336 e. The van der Waals surface area contributed by atoms with Crippen LogP contribution in [-0.4, -0.2) is 11.1 Å². The highest BCUT2D eigenvalue weighted by Crippen LogP contribution is 2.31. The summed E-state index contributed by atoms with van der Waals surface area (Å²) in [5.41, 5.74) is 2.28. The minimum atomic E-state index is -0.844.